The van der Waals surface area contributed by atoms with Crippen molar-refractivity contribution < 1.29 is 13.2 Å². The molecular formula is C29H25BrClN3O3S. The molecule has 0 unspecified atom stereocenters. The molecule has 0 aliphatic carbocycles. The minimum atomic E-state index is -4.03. The van der Waals surface area contributed by atoms with E-state index >= 15 is 0 Å². The molecule has 6 nitrogen and oxygen atoms in total. The minimum Gasteiger partial charge on any atom is -0.267 e. The first kappa shape index (κ1) is 27.6. The molecule has 0 aromatic heterocycles. The van der Waals surface area contributed by atoms with Crippen molar-refractivity contribution in [3.63, 3.8) is 0 Å². The predicted octanol–water partition coefficient (Wildman–Crippen LogP) is 6.96. The van der Waals surface area contributed by atoms with Gasteiger partial charge in [-0.15, -0.1) is 0 Å². The van der Waals surface area contributed by atoms with Gasteiger partial charge in [-0.2, -0.15) is 5.10 Å². The Morgan fingerprint density at radius 1 is 0.947 bits per heavy atom. The van der Waals surface area contributed by atoms with Gasteiger partial charge >= 0.3 is 0 Å². The third kappa shape index (κ3) is 6.51. The highest BCUT2D eigenvalue weighted by Crippen LogP contribution is 2.30. The number of nitrogens with zero attached hydrogens (tertiary/aromatic N) is 2. The smallest absolute Gasteiger partial charge is 0.267 e. The van der Waals surface area contributed by atoms with Crippen molar-refractivity contribution in [3.8, 4) is 0 Å². The molecule has 1 N–H and O–H groups in total. The number of carbonyl (C=O) groups excluding carboxylic acids is 1. The lowest BCUT2D eigenvalue weighted by Gasteiger charge is -2.26. The first-order valence-corrected chi connectivity index (χ1v) is 14.3. The van der Waals surface area contributed by atoms with Gasteiger partial charge in [-0.1, -0.05) is 81.6 Å². The second-order valence-corrected chi connectivity index (χ2v) is 11.8. The Labute approximate surface area is 236 Å². The highest BCUT2D eigenvalue weighted by Gasteiger charge is 2.28. The van der Waals surface area contributed by atoms with Crippen molar-refractivity contribution in [2.45, 2.75) is 25.3 Å². The Kier molecular flexibility index (Phi) is 8.66. The van der Waals surface area contributed by atoms with E-state index < -0.39 is 15.9 Å². The van der Waals surface area contributed by atoms with Crippen molar-refractivity contribution in [1.82, 2.24) is 5.43 Å². The quantitative estimate of drug-likeness (QED) is 0.173. The lowest BCUT2D eigenvalue weighted by Crippen LogP contribution is -2.33. The van der Waals surface area contributed by atoms with E-state index in [4.69, 9.17) is 11.6 Å². The molecule has 4 aromatic carbocycles. The van der Waals surface area contributed by atoms with Gasteiger partial charge in [0.1, 0.15) is 0 Å². The van der Waals surface area contributed by atoms with Crippen LogP contribution >= 0.6 is 27.5 Å². The van der Waals surface area contributed by atoms with Gasteiger partial charge in [-0.3, -0.25) is 9.10 Å². The number of hydrogen-bond acceptors (Lipinski definition) is 4. The van der Waals surface area contributed by atoms with Crippen LogP contribution in [0.15, 0.2) is 112 Å². The van der Waals surface area contributed by atoms with E-state index in [1.807, 2.05) is 31.2 Å². The summed E-state index contributed by atoms with van der Waals surface area (Å²) in [6.07, 6.45) is 0. The van der Waals surface area contributed by atoms with Gasteiger partial charge in [-0.25, -0.2) is 13.8 Å². The lowest BCUT2D eigenvalue weighted by atomic mass is 10.1. The van der Waals surface area contributed by atoms with E-state index in [-0.39, 0.29) is 22.7 Å². The van der Waals surface area contributed by atoms with E-state index in [9.17, 15) is 13.2 Å². The molecule has 0 saturated carbocycles. The number of para-hydroxylation sites is 1. The second kappa shape index (κ2) is 11.9. The van der Waals surface area contributed by atoms with Crippen molar-refractivity contribution in [1.29, 1.82) is 0 Å². The largest absolute Gasteiger partial charge is 0.273 e. The summed E-state index contributed by atoms with van der Waals surface area (Å²) in [5.41, 5.74) is 6.06. The van der Waals surface area contributed by atoms with Gasteiger partial charge in [0.25, 0.3) is 15.9 Å². The number of carbonyl (C=O) groups is 1. The zero-order chi connectivity index (χ0) is 27.3. The topological polar surface area (TPSA) is 78.8 Å². The number of benzene rings is 4. The molecule has 0 bridgehead atoms. The molecule has 9 heteroatoms. The van der Waals surface area contributed by atoms with Crippen LogP contribution in [0, 0.1) is 6.92 Å². The summed E-state index contributed by atoms with van der Waals surface area (Å²) in [5.74, 6) is -0.532. The van der Waals surface area contributed by atoms with E-state index in [1.165, 1.54) is 4.31 Å². The van der Waals surface area contributed by atoms with Crippen molar-refractivity contribution >= 4 is 54.9 Å². The van der Waals surface area contributed by atoms with E-state index in [2.05, 4.69) is 26.5 Å². The number of rotatable bonds is 8. The molecule has 0 atom stereocenters. The van der Waals surface area contributed by atoms with Crippen LogP contribution in [0.1, 0.15) is 34.0 Å². The van der Waals surface area contributed by atoms with Gasteiger partial charge in [-0.05, 0) is 73.5 Å². The Bertz CT molecular complexity index is 1590. The van der Waals surface area contributed by atoms with Crippen LogP contribution in [0.2, 0.25) is 5.02 Å². The van der Waals surface area contributed by atoms with Gasteiger partial charge in [0.2, 0.25) is 0 Å². The Morgan fingerprint density at radius 3 is 2.32 bits per heavy atom. The van der Waals surface area contributed by atoms with Gasteiger partial charge in [0.15, 0.2) is 0 Å². The Hall–Kier alpha value is -3.46. The summed E-state index contributed by atoms with van der Waals surface area (Å²) in [7, 11) is -4.03. The van der Waals surface area contributed by atoms with Crippen LogP contribution in [-0.2, 0) is 16.6 Å². The fourth-order valence-electron chi connectivity index (χ4n) is 3.75. The monoisotopic (exact) mass is 609 g/mol. The van der Waals surface area contributed by atoms with E-state index in [0.29, 0.717) is 16.3 Å². The van der Waals surface area contributed by atoms with Gasteiger partial charge in [0, 0.05) is 9.50 Å². The van der Waals surface area contributed by atoms with E-state index in [1.54, 1.807) is 79.7 Å². The zero-order valence-corrected chi connectivity index (χ0v) is 23.9. The first-order chi connectivity index (χ1) is 18.1. The lowest BCUT2D eigenvalue weighted by molar-refractivity contribution is 0.0955. The average Bonchev–Trinajstić information content (AvgIpc) is 2.91. The highest BCUT2D eigenvalue weighted by molar-refractivity contribution is 9.10. The molecular weight excluding hydrogens is 586 g/mol. The molecule has 0 aliphatic rings. The van der Waals surface area contributed by atoms with Crippen LogP contribution in [-0.4, -0.2) is 20.0 Å². The molecule has 0 radical (unpaired) electrons. The van der Waals surface area contributed by atoms with Crippen molar-refractivity contribution in [3.05, 3.63) is 129 Å². The number of aryl methyl sites for hydroxylation is 1. The van der Waals surface area contributed by atoms with Crippen molar-refractivity contribution in [2.75, 3.05) is 4.31 Å². The molecule has 0 heterocycles. The Morgan fingerprint density at radius 2 is 1.63 bits per heavy atom. The molecule has 0 spiro atoms. The zero-order valence-electron chi connectivity index (χ0n) is 20.7. The standard InChI is InChI=1S/C29H25BrClN3O3S/c1-20-10-16-26(17-11-20)38(36,37)34(19-22-12-14-25(31)15-13-22)28-9-4-3-8-27(28)29(35)33-32-21(2)23-6-5-7-24(30)18-23/h3-18H,19H2,1-2H3,(H,33,35)/b32-21-. The van der Waals surface area contributed by atoms with Gasteiger partial charge in [0.05, 0.1) is 28.4 Å². The molecule has 194 valence electrons. The molecule has 0 fully saturated rings. The third-order valence-corrected chi connectivity index (χ3v) is 8.35. The summed E-state index contributed by atoms with van der Waals surface area (Å²) in [5, 5.41) is 4.79. The number of sulfonamides is 1. The molecule has 4 aromatic rings. The number of anilines is 1. The molecule has 0 aliphatic heterocycles. The number of amides is 1. The van der Waals surface area contributed by atoms with Crippen LogP contribution in [0.4, 0.5) is 5.69 Å². The van der Waals surface area contributed by atoms with Crippen LogP contribution < -0.4 is 9.73 Å². The predicted molar refractivity (Wildman–Crippen MR) is 156 cm³/mol. The van der Waals surface area contributed by atoms with Crippen molar-refractivity contribution in [2.24, 2.45) is 5.10 Å². The van der Waals surface area contributed by atoms with E-state index in [0.717, 1.165) is 15.6 Å². The molecule has 0 saturated heterocycles. The minimum absolute atomic E-state index is 0.00197. The van der Waals surface area contributed by atoms with Crippen LogP contribution in [0.5, 0.6) is 0 Å². The summed E-state index contributed by atoms with van der Waals surface area (Å²) in [4.78, 5) is 13.4. The average molecular weight is 611 g/mol. The maximum absolute atomic E-state index is 13.9. The summed E-state index contributed by atoms with van der Waals surface area (Å²) in [6, 6.07) is 27.6. The normalized spacial score (nSPS) is 11.7. The SMILES string of the molecule is C/C(=N/NC(=O)c1ccccc1N(Cc1ccc(Cl)cc1)S(=O)(=O)c1ccc(C)cc1)c1cccc(Br)c1. The molecule has 1 amide bonds. The first-order valence-electron chi connectivity index (χ1n) is 11.7. The maximum atomic E-state index is 13.9. The third-order valence-electron chi connectivity index (χ3n) is 5.83. The fraction of sp³-hybridized carbons (Fsp3) is 0.103. The number of nitrogens with one attached hydrogen (secondary N) is 1. The molecule has 38 heavy (non-hydrogen) atoms. The fourth-order valence-corrected chi connectivity index (χ4v) is 5.75. The highest BCUT2D eigenvalue weighted by atomic mass is 79.9. The number of hydrogen-bond donors (Lipinski definition) is 1. The number of hydrazone groups is 1. The summed E-state index contributed by atoms with van der Waals surface area (Å²) < 4.78 is 29.9. The van der Waals surface area contributed by atoms with Gasteiger partial charge < -0.3 is 0 Å². The summed E-state index contributed by atoms with van der Waals surface area (Å²) >= 11 is 9.48. The van der Waals surface area contributed by atoms with Crippen LogP contribution in [0.25, 0.3) is 0 Å². The number of halogens is 2. The maximum Gasteiger partial charge on any atom is 0.273 e. The van der Waals surface area contributed by atoms with Crippen LogP contribution in [0.3, 0.4) is 0 Å². The Balaban J connectivity index is 1.73. The molecule has 4 rings (SSSR count). The second-order valence-electron chi connectivity index (χ2n) is 8.62. The summed E-state index contributed by atoms with van der Waals surface area (Å²) in [6.45, 7) is 3.67.